The number of rotatable bonds is 2. The minimum absolute atomic E-state index is 0.00101. The van der Waals surface area contributed by atoms with Gasteiger partial charge in [-0.25, -0.2) is 4.39 Å². The molecule has 1 aliphatic heterocycles. The van der Waals surface area contributed by atoms with Gasteiger partial charge in [-0.2, -0.15) is 0 Å². The summed E-state index contributed by atoms with van der Waals surface area (Å²) < 4.78 is 12.7. The molecule has 0 fully saturated rings. The molecule has 1 N–H and O–H groups in total. The first-order chi connectivity index (χ1) is 6.69. The van der Waals surface area contributed by atoms with E-state index in [2.05, 4.69) is 20.9 Å². The number of aliphatic hydroxyl groups is 1. The van der Waals surface area contributed by atoms with Crippen LogP contribution in [0.25, 0.3) is 0 Å². The first-order valence-corrected chi connectivity index (χ1v) is 5.11. The van der Waals surface area contributed by atoms with Crippen molar-refractivity contribution in [3.8, 4) is 0 Å². The fraction of sp³-hybridized carbons (Fsp3) is 0.300. The van der Waals surface area contributed by atoms with Crippen LogP contribution in [0.4, 0.5) is 4.39 Å². The minimum Gasteiger partial charge on any atom is -0.396 e. The van der Waals surface area contributed by atoms with Crippen LogP contribution in [0, 0.1) is 0 Å². The number of aliphatic hydroxyl groups excluding tert-OH is 1. The molecule has 2 rings (SSSR count). The highest BCUT2D eigenvalue weighted by Crippen LogP contribution is 2.44. The maximum atomic E-state index is 13.7. The fourth-order valence-corrected chi connectivity index (χ4v) is 2.29. The highest BCUT2D eigenvalue weighted by atomic mass is 79.9. The lowest BCUT2D eigenvalue weighted by atomic mass is 9.90. The number of fused-ring (bicyclic) bond motifs is 1. The van der Waals surface area contributed by atoms with Crippen LogP contribution in [0.5, 0.6) is 0 Å². The van der Waals surface area contributed by atoms with Gasteiger partial charge in [-0.3, -0.25) is 4.99 Å². The molecule has 0 saturated heterocycles. The summed E-state index contributed by atoms with van der Waals surface area (Å²) in [5.41, 5.74) is 1.40. The smallest absolute Gasteiger partial charge is 0.142 e. The van der Waals surface area contributed by atoms with Crippen molar-refractivity contribution in [3.63, 3.8) is 0 Å². The molecule has 0 aromatic carbocycles. The van der Waals surface area contributed by atoms with Gasteiger partial charge in [-0.15, -0.1) is 0 Å². The maximum Gasteiger partial charge on any atom is 0.142 e. The zero-order valence-electron chi connectivity index (χ0n) is 7.37. The Hall–Kier alpha value is -0.740. The van der Waals surface area contributed by atoms with Gasteiger partial charge in [-0.1, -0.05) is 22.0 Å². The SMILES string of the molecule is OCCC1=CN=C2C=CC=C(F)C12Br. The first kappa shape index (κ1) is 9.80. The van der Waals surface area contributed by atoms with Crippen molar-refractivity contribution in [2.45, 2.75) is 10.7 Å². The number of aliphatic imine (C=N–C) groups is 1. The van der Waals surface area contributed by atoms with Gasteiger partial charge in [-0.05, 0) is 24.1 Å². The lowest BCUT2D eigenvalue weighted by molar-refractivity contribution is 0.297. The van der Waals surface area contributed by atoms with Gasteiger partial charge < -0.3 is 5.11 Å². The molecule has 14 heavy (non-hydrogen) atoms. The molecule has 1 atom stereocenters. The number of hydrogen-bond donors (Lipinski definition) is 1. The van der Waals surface area contributed by atoms with Gasteiger partial charge >= 0.3 is 0 Å². The van der Waals surface area contributed by atoms with E-state index in [0.717, 1.165) is 5.57 Å². The summed E-state index contributed by atoms with van der Waals surface area (Å²) in [6.07, 6.45) is 6.84. The van der Waals surface area contributed by atoms with Crippen molar-refractivity contribution in [2.24, 2.45) is 4.99 Å². The van der Waals surface area contributed by atoms with Crippen LogP contribution < -0.4 is 0 Å². The van der Waals surface area contributed by atoms with E-state index in [0.29, 0.717) is 12.1 Å². The number of hydrogen-bond acceptors (Lipinski definition) is 2. The second-order valence-corrected chi connectivity index (χ2v) is 4.36. The molecular weight excluding hydrogens is 249 g/mol. The van der Waals surface area contributed by atoms with Crippen molar-refractivity contribution in [2.75, 3.05) is 6.61 Å². The Morgan fingerprint density at radius 3 is 3.07 bits per heavy atom. The summed E-state index contributed by atoms with van der Waals surface area (Å²) in [5.74, 6) is -0.282. The van der Waals surface area contributed by atoms with Gasteiger partial charge in [0.15, 0.2) is 0 Å². The lowest BCUT2D eigenvalue weighted by Crippen LogP contribution is -2.33. The first-order valence-electron chi connectivity index (χ1n) is 4.31. The average molecular weight is 258 g/mol. The van der Waals surface area contributed by atoms with Crippen LogP contribution in [0.3, 0.4) is 0 Å². The largest absolute Gasteiger partial charge is 0.396 e. The van der Waals surface area contributed by atoms with E-state index in [9.17, 15) is 4.39 Å². The standard InChI is InChI=1S/C10H9BrFNO/c11-10-7(4-5-14)6-13-9(10)3-1-2-8(10)12/h1-3,6,14H,4-5H2. The van der Waals surface area contributed by atoms with E-state index in [1.165, 1.54) is 6.08 Å². The molecule has 1 heterocycles. The van der Waals surface area contributed by atoms with Gasteiger partial charge in [0.05, 0.1) is 5.71 Å². The topological polar surface area (TPSA) is 32.6 Å². The summed E-state index contributed by atoms with van der Waals surface area (Å²) >= 11 is 3.35. The zero-order chi connectivity index (χ0) is 10.2. The molecule has 0 spiro atoms. The van der Waals surface area contributed by atoms with E-state index in [-0.39, 0.29) is 12.4 Å². The second kappa shape index (κ2) is 3.44. The van der Waals surface area contributed by atoms with Crippen molar-refractivity contribution in [1.82, 2.24) is 0 Å². The number of nitrogens with zero attached hydrogens (tertiary/aromatic N) is 1. The van der Waals surface area contributed by atoms with E-state index in [4.69, 9.17) is 5.11 Å². The third-order valence-corrected chi connectivity index (χ3v) is 3.66. The molecule has 0 amide bonds. The van der Waals surface area contributed by atoms with Crippen LogP contribution in [0.2, 0.25) is 0 Å². The Balaban J connectivity index is 2.39. The normalized spacial score (nSPS) is 29.5. The molecule has 1 aliphatic carbocycles. The molecular formula is C10H9BrFNO. The number of allylic oxidation sites excluding steroid dienone is 4. The van der Waals surface area contributed by atoms with Crippen molar-refractivity contribution in [1.29, 1.82) is 0 Å². The zero-order valence-corrected chi connectivity index (χ0v) is 8.96. The van der Waals surface area contributed by atoms with E-state index < -0.39 is 4.32 Å². The van der Waals surface area contributed by atoms with Crippen LogP contribution in [-0.2, 0) is 0 Å². The third kappa shape index (κ3) is 1.21. The summed E-state index contributed by atoms with van der Waals surface area (Å²) in [5, 5.41) is 8.85. The van der Waals surface area contributed by atoms with Gasteiger partial charge in [0, 0.05) is 12.8 Å². The Bertz CT molecular complexity index is 384. The van der Waals surface area contributed by atoms with Crippen molar-refractivity contribution in [3.05, 3.63) is 35.8 Å². The summed E-state index contributed by atoms with van der Waals surface area (Å²) in [6.45, 7) is -0.00101. The number of halogens is 2. The second-order valence-electron chi connectivity index (χ2n) is 3.17. The maximum absolute atomic E-state index is 13.7. The molecule has 4 heteroatoms. The Morgan fingerprint density at radius 2 is 2.36 bits per heavy atom. The van der Waals surface area contributed by atoms with E-state index >= 15 is 0 Å². The summed E-state index contributed by atoms with van der Waals surface area (Å²) in [4.78, 5) is 4.11. The third-order valence-electron chi connectivity index (χ3n) is 2.36. The van der Waals surface area contributed by atoms with E-state index in [1.807, 2.05) is 0 Å². The van der Waals surface area contributed by atoms with Crippen LogP contribution in [0.1, 0.15) is 6.42 Å². The Kier molecular flexibility index (Phi) is 2.41. The van der Waals surface area contributed by atoms with E-state index in [1.54, 1.807) is 18.4 Å². The lowest BCUT2D eigenvalue weighted by Gasteiger charge is -2.26. The minimum atomic E-state index is -0.912. The van der Waals surface area contributed by atoms with Crippen LogP contribution in [0.15, 0.2) is 40.8 Å². The molecule has 2 nitrogen and oxygen atoms in total. The predicted molar refractivity (Wildman–Crippen MR) is 57.2 cm³/mol. The van der Waals surface area contributed by atoms with Gasteiger partial charge in [0.25, 0.3) is 0 Å². The average Bonchev–Trinajstić information content (AvgIpc) is 2.48. The van der Waals surface area contributed by atoms with Crippen LogP contribution in [-0.4, -0.2) is 21.7 Å². The van der Waals surface area contributed by atoms with Crippen LogP contribution >= 0.6 is 15.9 Å². The Labute approximate surface area is 89.7 Å². The highest BCUT2D eigenvalue weighted by Gasteiger charge is 2.43. The molecule has 0 aromatic rings. The molecule has 0 aromatic heterocycles. The van der Waals surface area contributed by atoms with Gasteiger partial charge in [0.1, 0.15) is 10.2 Å². The molecule has 0 bridgehead atoms. The fourth-order valence-electron chi connectivity index (χ4n) is 1.62. The summed E-state index contributed by atoms with van der Waals surface area (Å²) in [7, 11) is 0. The monoisotopic (exact) mass is 257 g/mol. The van der Waals surface area contributed by atoms with Gasteiger partial charge in [0.2, 0.25) is 0 Å². The molecule has 1 unspecified atom stereocenters. The molecule has 0 radical (unpaired) electrons. The Morgan fingerprint density at radius 1 is 1.57 bits per heavy atom. The highest BCUT2D eigenvalue weighted by molar-refractivity contribution is 9.10. The molecule has 74 valence electrons. The quantitative estimate of drug-likeness (QED) is 0.757. The van der Waals surface area contributed by atoms with Crippen molar-refractivity contribution < 1.29 is 9.50 Å². The molecule has 2 aliphatic rings. The van der Waals surface area contributed by atoms with Crippen molar-refractivity contribution >= 4 is 21.6 Å². The summed E-state index contributed by atoms with van der Waals surface area (Å²) in [6, 6.07) is 0. The number of alkyl halides is 1. The predicted octanol–water partition coefficient (Wildman–Crippen LogP) is 2.26. The molecule has 0 saturated carbocycles.